The third-order valence-electron chi connectivity index (χ3n) is 5.39. The quantitative estimate of drug-likeness (QED) is 0.383. The molecule has 0 radical (unpaired) electrons. The number of halogens is 4. The average Bonchev–Trinajstić information content (AvgIpc) is 3.39. The van der Waals surface area contributed by atoms with Gasteiger partial charge in [0.15, 0.2) is 17.1 Å². The lowest BCUT2D eigenvalue weighted by molar-refractivity contribution is -0.138. The molecular weight excluding hydrogens is 503 g/mol. The van der Waals surface area contributed by atoms with Crippen LogP contribution >= 0.6 is 11.6 Å². The van der Waals surface area contributed by atoms with Crippen LogP contribution in [-0.4, -0.2) is 33.7 Å². The van der Waals surface area contributed by atoms with Gasteiger partial charge in [0.1, 0.15) is 33.5 Å². The van der Waals surface area contributed by atoms with E-state index in [1.54, 1.807) is 23.1 Å². The molecule has 0 saturated carbocycles. The number of anilines is 2. The van der Waals surface area contributed by atoms with Crippen LogP contribution in [0.5, 0.6) is 11.5 Å². The van der Waals surface area contributed by atoms with Crippen LogP contribution in [0.2, 0.25) is 5.02 Å². The zero-order chi connectivity index (χ0) is 25.8. The number of aryl methyl sites for hydroxylation is 1. The molecule has 0 aliphatic rings. The molecule has 0 spiro atoms. The van der Waals surface area contributed by atoms with Crippen molar-refractivity contribution in [3.63, 3.8) is 0 Å². The van der Waals surface area contributed by atoms with E-state index in [9.17, 15) is 18.0 Å². The van der Waals surface area contributed by atoms with Crippen molar-refractivity contribution < 1.29 is 17.9 Å². The first-order valence-corrected chi connectivity index (χ1v) is 10.4. The summed E-state index contributed by atoms with van der Waals surface area (Å²) in [6, 6.07) is 1.99. The molecule has 5 aromatic rings. The minimum absolute atomic E-state index is 0.00772. The van der Waals surface area contributed by atoms with Gasteiger partial charge in [0.2, 0.25) is 5.95 Å². The number of alkyl halides is 3. The van der Waals surface area contributed by atoms with E-state index in [-0.39, 0.29) is 22.4 Å². The highest BCUT2D eigenvalue weighted by atomic mass is 35.5. The van der Waals surface area contributed by atoms with Crippen LogP contribution in [0.15, 0.2) is 41.8 Å². The van der Waals surface area contributed by atoms with Crippen molar-refractivity contribution in [2.75, 3.05) is 5.32 Å². The molecule has 1 N–H and O–H groups in total. The highest BCUT2D eigenvalue weighted by molar-refractivity contribution is 6.36. The van der Waals surface area contributed by atoms with Crippen molar-refractivity contribution in [1.29, 1.82) is 5.26 Å². The van der Waals surface area contributed by atoms with Gasteiger partial charge in [-0.3, -0.25) is 9.78 Å². The molecule has 5 aromatic heterocycles. The molecule has 0 aliphatic carbocycles. The highest BCUT2D eigenvalue weighted by Crippen LogP contribution is 2.37. The van der Waals surface area contributed by atoms with E-state index in [1.807, 2.05) is 0 Å². The van der Waals surface area contributed by atoms with Gasteiger partial charge in [0, 0.05) is 26.5 Å². The number of fused-ring (bicyclic) bond motifs is 2. The molecule has 0 aromatic carbocycles. The Morgan fingerprint density at radius 2 is 1.94 bits per heavy atom. The molecular formula is C21H13ClF3N9O2. The van der Waals surface area contributed by atoms with Crippen molar-refractivity contribution in [2.45, 2.75) is 6.18 Å². The molecule has 0 atom stereocenters. The summed E-state index contributed by atoms with van der Waals surface area (Å²) in [6.45, 7) is 0. The van der Waals surface area contributed by atoms with Gasteiger partial charge in [-0.05, 0) is 6.07 Å². The Morgan fingerprint density at radius 3 is 2.67 bits per heavy atom. The molecule has 0 aliphatic heterocycles. The fraction of sp³-hybridized carbons (Fsp3) is 0.143. The molecule has 5 heterocycles. The molecule has 0 unspecified atom stereocenters. The zero-order valence-electron chi connectivity index (χ0n) is 18.4. The predicted octanol–water partition coefficient (Wildman–Crippen LogP) is 3.79. The van der Waals surface area contributed by atoms with E-state index in [0.29, 0.717) is 27.4 Å². The first-order chi connectivity index (χ1) is 17.1. The number of rotatable bonds is 4. The Hall–Kier alpha value is -4.64. The number of imidazole rings is 1. The minimum Gasteiger partial charge on any atom is -0.450 e. The van der Waals surface area contributed by atoms with Gasteiger partial charge >= 0.3 is 6.18 Å². The van der Waals surface area contributed by atoms with E-state index in [1.165, 1.54) is 30.1 Å². The standard InChI is InChI=1S/C21H13ClF3N9O2/c1-32-12(6-26)10(21(23,24)25)5-11(19(32)35)30-20-31-18-17(33(20)2)16(22)15(8-28-18)36-14-9-29-34-4-3-27-7-13(14)34/h3-5,7-9H,1-2H3,(H,28,30,31). The number of ether oxygens (including phenoxy) is 1. The average molecular weight is 516 g/mol. The van der Waals surface area contributed by atoms with Gasteiger partial charge in [-0.1, -0.05) is 11.6 Å². The van der Waals surface area contributed by atoms with E-state index in [0.717, 1.165) is 7.05 Å². The zero-order valence-corrected chi connectivity index (χ0v) is 19.1. The maximum atomic E-state index is 13.5. The van der Waals surface area contributed by atoms with Crippen LogP contribution in [0.4, 0.5) is 24.8 Å². The van der Waals surface area contributed by atoms with Gasteiger partial charge in [0.25, 0.3) is 5.56 Å². The second-order valence-electron chi connectivity index (χ2n) is 7.54. The van der Waals surface area contributed by atoms with Crippen molar-refractivity contribution in [1.82, 2.24) is 33.7 Å². The lowest BCUT2D eigenvalue weighted by Crippen LogP contribution is -2.26. The SMILES string of the molecule is Cn1c(C#N)c(C(F)(F)F)cc(Nc2nc3ncc(Oc4cnn5ccncc45)c(Cl)c3n2C)c1=O. The molecule has 15 heteroatoms. The van der Waals surface area contributed by atoms with Gasteiger partial charge in [-0.2, -0.15) is 28.5 Å². The number of nitrogens with zero attached hydrogens (tertiary/aromatic N) is 8. The van der Waals surface area contributed by atoms with Crippen molar-refractivity contribution in [3.05, 3.63) is 63.7 Å². The second-order valence-corrected chi connectivity index (χ2v) is 7.92. The predicted molar refractivity (Wildman–Crippen MR) is 121 cm³/mol. The fourth-order valence-electron chi connectivity index (χ4n) is 3.60. The number of hydrogen-bond donors (Lipinski definition) is 1. The first kappa shape index (κ1) is 23.1. The lowest BCUT2D eigenvalue weighted by atomic mass is 10.1. The Morgan fingerprint density at radius 1 is 1.17 bits per heavy atom. The highest BCUT2D eigenvalue weighted by Gasteiger charge is 2.36. The molecule has 36 heavy (non-hydrogen) atoms. The van der Waals surface area contributed by atoms with Crippen LogP contribution in [0.1, 0.15) is 11.3 Å². The molecule has 0 saturated heterocycles. The molecule has 5 rings (SSSR count). The van der Waals surface area contributed by atoms with Gasteiger partial charge in [0.05, 0.1) is 24.2 Å². The summed E-state index contributed by atoms with van der Waals surface area (Å²) in [4.78, 5) is 25.1. The summed E-state index contributed by atoms with van der Waals surface area (Å²) in [5.41, 5.74) is -2.32. The molecule has 182 valence electrons. The minimum atomic E-state index is -4.86. The smallest absolute Gasteiger partial charge is 0.419 e. The Kier molecular flexibility index (Phi) is 5.29. The van der Waals surface area contributed by atoms with Crippen LogP contribution < -0.4 is 15.6 Å². The second kappa shape index (κ2) is 8.24. The normalized spacial score (nSPS) is 11.7. The van der Waals surface area contributed by atoms with Crippen molar-refractivity contribution in [3.8, 4) is 17.6 Å². The summed E-state index contributed by atoms with van der Waals surface area (Å²) in [5.74, 6) is 0.533. The number of pyridine rings is 2. The van der Waals surface area contributed by atoms with Crippen molar-refractivity contribution in [2.24, 2.45) is 14.1 Å². The lowest BCUT2D eigenvalue weighted by Gasteiger charge is -2.14. The topological polar surface area (TPSA) is 128 Å². The number of hydrogen-bond acceptors (Lipinski definition) is 8. The van der Waals surface area contributed by atoms with Crippen LogP contribution in [0, 0.1) is 11.3 Å². The van der Waals surface area contributed by atoms with Crippen LogP contribution in [0.3, 0.4) is 0 Å². The van der Waals surface area contributed by atoms with E-state index < -0.39 is 28.7 Å². The summed E-state index contributed by atoms with van der Waals surface area (Å²) < 4.78 is 50.0. The molecule has 0 bridgehead atoms. The Bertz CT molecular complexity index is 1770. The molecule has 0 fully saturated rings. The maximum absolute atomic E-state index is 13.5. The van der Waals surface area contributed by atoms with Gasteiger partial charge in [-0.15, -0.1) is 0 Å². The van der Waals surface area contributed by atoms with Gasteiger partial charge < -0.3 is 19.2 Å². The number of nitrogens with one attached hydrogen (secondary N) is 1. The monoisotopic (exact) mass is 515 g/mol. The number of nitriles is 1. The summed E-state index contributed by atoms with van der Waals surface area (Å²) >= 11 is 6.57. The first-order valence-electron chi connectivity index (χ1n) is 10.0. The maximum Gasteiger partial charge on any atom is 0.419 e. The Labute approximate surface area is 204 Å². The summed E-state index contributed by atoms with van der Waals surface area (Å²) in [6.07, 6.45) is 2.72. The number of aromatic nitrogens is 7. The third kappa shape index (κ3) is 3.66. The summed E-state index contributed by atoms with van der Waals surface area (Å²) in [5, 5.41) is 16.0. The third-order valence-corrected chi connectivity index (χ3v) is 5.75. The fourth-order valence-corrected chi connectivity index (χ4v) is 3.90. The Balaban J connectivity index is 1.56. The van der Waals surface area contributed by atoms with E-state index in [2.05, 4.69) is 25.4 Å². The summed E-state index contributed by atoms with van der Waals surface area (Å²) in [7, 11) is 2.61. The molecule has 0 amide bonds. The largest absolute Gasteiger partial charge is 0.450 e. The van der Waals surface area contributed by atoms with E-state index in [4.69, 9.17) is 21.6 Å². The molecule has 11 nitrogen and oxygen atoms in total. The van der Waals surface area contributed by atoms with Crippen LogP contribution in [0.25, 0.3) is 16.7 Å². The van der Waals surface area contributed by atoms with Crippen molar-refractivity contribution >= 4 is 39.9 Å². The van der Waals surface area contributed by atoms with Crippen LogP contribution in [-0.2, 0) is 20.3 Å². The van der Waals surface area contributed by atoms with E-state index >= 15 is 0 Å². The van der Waals surface area contributed by atoms with Gasteiger partial charge in [-0.25, -0.2) is 9.50 Å².